The van der Waals surface area contributed by atoms with Crippen molar-refractivity contribution in [2.45, 2.75) is 5.75 Å². The number of halogens is 1. The molecule has 0 spiro atoms. The van der Waals surface area contributed by atoms with Crippen LogP contribution >= 0.6 is 27.7 Å². The topological polar surface area (TPSA) is 58.6 Å². The number of rotatable bonds is 5. The van der Waals surface area contributed by atoms with E-state index < -0.39 is 0 Å². The highest BCUT2D eigenvalue weighted by Crippen LogP contribution is 2.34. The molecule has 25 heavy (non-hydrogen) atoms. The van der Waals surface area contributed by atoms with Crippen LogP contribution in [0.1, 0.15) is 5.56 Å². The van der Waals surface area contributed by atoms with Crippen molar-refractivity contribution < 1.29 is 14.3 Å². The molecule has 1 N–H and O–H groups in total. The van der Waals surface area contributed by atoms with E-state index in [1.165, 1.54) is 4.90 Å². The molecule has 0 saturated carbocycles. The third-order valence-corrected chi connectivity index (χ3v) is 4.80. The van der Waals surface area contributed by atoms with Gasteiger partial charge in [-0.2, -0.15) is 11.8 Å². The minimum absolute atomic E-state index is 0.0520. The van der Waals surface area contributed by atoms with Crippen molar-refractivity contribution in [1.29, 1.82) is 0 Å². The van der Waals surface area contributed by atoms with Crippen LogP contribution in [0.2, 0.25) is 0 Å². The molecule has 1 heterocycles. The number of nitrogens with zero attached hydrogens (tertiary/aromatic N) is 1. The molecule has 0 radical (unpaired) electrons. The van der Waals surface area contributed by atoms with E-state index in [1.807, 2.05) is 36.6 Å². The smallest absolute Gasteiger partial charge is 0.265 e. The zero-order chi connectivity index (χ0) is 17.8. The predicted molar refractivity (Wildman–Crippen MR) is 104 cm³/mol. The van der Waals surface area contributed by atoms with Crippen LogP contribution in [0.25, 0.3) is 0 Å². The number of ether oxygens (including phenoxy) is 1. The zero-order valence-corrected chi connectivity index (χ0v) is 16.0. The molecule has 2 aromatic rings. The molecule has 7 heteroatoms. The van der Waals surface area contributed by atoms with Crippen LogP contribution in [0.15, 0.2) is 46.9 Å². The highest BCUT2D eigenvalue weighted by atomic mass is 79.9. The van der Waals surface area contributed by atoms with E-state index in [-0.39, 0.29) is 25.0 Å². The number of carbonyl (C=O) groups excluding carboxylic acids is 2. The lowest BCUT2D eigenvalue weighted by Gasteiger charge is -2.29. The second-order valence-corrected chi connectivity index (χ2v) is 7.34. The molecule has 130 valence electrons. The van der Waals surface area contributed by atoms with Crippen molar-refractivity contribution in [3.8, 4) is 5.75 Å². The molecule has 0 bridgehead atoms. The van der Waals surface area contributed by atoms with E-state index in [0.29, 0.717) is 11.4 Å². The maximum Gasteiger partial charge on any atom is 0.265 e. The second-order valence-electron chi connectivity index (χ2n) is 5.56. The summed E-state index contributed by atoms with van der Waals surface area (Å²) in [6.07, 6.45) is 2.03. The van der Waals surface area contributed by atoms with Crippen LogP contribution in [0, 0.1) is 0 Å². The first-order chi connectivity index (χ1) is 12.1. The molecule has 1 aliphatic rings. The van der Waals surface area contributed by atoms with Crippen LogP contribution in [0.4, 0.5) is 11.4 Å². The SMILES string of the molecule is CSCc1cccc(NC(=O)CN2C(=O)COc3cc(Br)ccc32)c1. The lowest BCUT2D eigenvalue weighted by Crippen LogP contribution is -2.43. The highest BCUT2D eigenvalue weighted by molar-refractivity contribution is 9.10. The van der Waals surface area contributed by atoms with Gasteiger partial charge in [0.25, 0.3) is 5.91 Å². The Labute approximate surface area is 158 Å². The van der Waals surface area contributed by atoms with Gasteiger partial charge in [0.1, 0.15) is 12.3 Å². The third kappa shape index (κ3) is 4.35. The summed E-state index contributed by atoms with van der Waals surface area (Å²) in [5.74, 6) is 0.990. The monoisotopic (exact) mass is 420 g/mol. The fourth-order valence-electron chi connectivity index (χ4n) is 2.60. The quantitative estimate of drug-likeness (QED) is 0.801. The first-order valence-electron chi connectivity index (χ1n) is 7.67. The van der Waals surface area contributed by atoms with Crippen molar-refractivity contribution >= 4 is 50.9 Å². The van der Waals surface area contributed by atoms with Gasteiger partial charge >= 0.3 is 0 Å². The van der Waals surface area contributed by atoms with E-state index >= 15 is 0 Å². The average Bonchev–Trinajstić information content (AvgIpc) is 2.58. The Hall–Kier alpha value is -1.99. The summed E-state index contributed by atoms with van der Waals surface area (Å²) in [5.41, 5.74) is 2.47. The number of fused-ring (bicyclic) bond motifs is 1. The Kier molecular flexibility index (Phi) is 5.65. The molecule has 0 atom stereocenters. The van der Waals surface area contributed by atoms with E-state index in [4.69, 9.17) is 4.74 Å². The van der Waals surface area contributed by atoms with Crippen molar-refractivity contribution in [3.63, 3.8) is 0 Å². The van der Waals surface area contributed by atoms with Crippen LogP contribution < -0.4 is 15.0 Å². The zero-order valence-electron chi connectivity index (χ0n) is 13.6. The molecular weight excluding hydrogens is 404 g/mol. The van der Waals surface area contributed by atoms with Crippen LogP contribution in [-0.4, -0.2) is 31.2 Å². The summed E-state index contributed by atoms with van der Waals surface area (Å²) in [5, 5.41) is 2.86. The van der Waals surface area contributed by atoms with Crippen LogP contribution in [0.5, 0.6) is 5.75 Å². The molecule has 0 aromatic heterocycles. The van der Waals surface area contributed by atoms with Gasteiger partial charge in [0.2, 0.25) is 5.91 Å². The standard InChI is InChI=1S/C18H17BrN2O3S/c1-25-11-12-3-2-4-14(7-12)20-17(22)9-21-15-6-5-13(19)8-16(15)24-10-18(21)23/h2-8H,9-11H2,1H3,(H,20,22). The number of thioether (sulfide) groups is 1. The summed E-state index contributed by atoms with van der Waals surface area (Å²) in [7, 11) is 0. The van der Waals surface area contributed by atoms with Crippen LogP contribution in [-0.2, 0) is 15.3 Å². The molecule has 2 amide bonds. The highest BCUT2D eigenvalue weighted by Gasteiger charge is 2.27. The fraction of sp³-hybridized carbons (Fsp3) is 0.222. The van der Waals surface area contributed by atoms with Crippen molar-refractivity contribution in [1.82, 2.24) is 0 Å². The first-order valence-corrected chi connectivity index (χ1v) is 9.86. The normalized spacial score (nSPS) is 13.2. The summed E-state index contributed by atoms with van der Waals surface area (Å²) in [6.45, 7) is -0.122. The van der Waals surface area contributed by atoms with Gasteiger partial charge < -0.3 is 10.1 Å². The minimum Gasteiger partial charge on any atom is -0.482 e. The lowest BCUT2D eigenvalue weighted by molar-refractivity contribution is -0.123. The number of nitrogens with one attached hydrogen (secondary N) is 1. The van der Waals surface area contributed by atoms with E-state index in [2.05, 4.69) is 21.2 Å². The van der Waals surface area contributed by atoms with Crippen molar-refractivity contribution in [3.05, 3.63) is 52.5 Å². The van der Waals surface area contributed by atoms with Gasteiger partial charge in [-0.15, -0.1) is 0 Å². The summed E-state index contributed by atoms with van der Waals surface area (Å²) < 4.78 is 6.29. The molecule has 5 nitrogen and oxygen atoms in total. The van der Waals surface area contributed by atoms with E-state index in [9.17, 15) is 9.59 Å². The largest absolute Gasteiger partial charge is 0.482 e. The predicted octanol–water partition coefficient (Wildman–Crippen LogP) is 3.68. The lowest BCUT2D eigenvalue weighted by atomic mass is 10.2. The molecule has 2 aromatic carbocycles. The van der Waals surface area contributed by atoms with E-state index in [0.717, 1.165) is 21.5 Å². The first kappa shape index (κ1) is 17.8. The minimum atomic E-state index is -0.245. The third-order valence-electron chi connectivity index (χ3n) is 3.69. The van der Waals surface area contributed by atoms with Gasteiger partial charge in [-0.25, -0.2) is 0 Å². The van der Waals surface area contributed by atoms with Crippen LogP contribution in [0.3, 0.4) is 0 Å². The maximum atomic E-state index is 12.4. The summed E-state index contributed by atoms with van der Waals surface area (Å²) in [4.78, 5) is 26.0. The number of hydrogen-bond donors (Lipinski definition) is 1. The van der Waals surface area contributed by atoms with Gasteiger partial charge in [0.05, 0.1) is 5.69 Å². The molecular formula is C18H17BrN2O3S. The number of hydrogen-bond acceptors (Lipinski definition) is 4. The van der Waals surface area contributed by atoms with Gasteiger partial charge in [0.15, 0.2) is 6.61 Å². The molecule has 0 aliphatic carbocycles. The summed E-state index contributed by atoms with van der Waals surface area (Å²) >= 11 is 5.10. The number of benzene rings is 2. The Bertz CT molecular complexity index is 813. The maximum absolute atomic E-state index is 12.4. The van der Waals surface area contributed by atoms with Crippen molar-refractivity contribution in [2.24, 2.45) is 0 Å². The molecule has 0 saturated heterocycles. The van der Waals surface area contributed by atoms with E-state index in [1.54, 1.807) is 23.9 Å². The second kappa shape index (κ2) is 7.93. The van der Waals surface area contributed by atoms with Gasteiger partial charge in [-0.05, 0) is 42.2 Å². The summed E-state index contributed by atoms with van der Waals surface area (Å²) in [6, 6.07) is 13.1. The Morgan fingerprint density at radius 1 is 1.32 bits per heavy atom. The molecule has 0 fully saturated rings. The van der Waals surface area contributed by atoms with Gasteiger partial charge in [-0.3, -0.25) is 14.5 Å². The number of amides is 2. The average molecular weight is 421 g/mol. The number of carbonyl (C=O) groups is 2. The van der Waals surface area contributed by atoms with Gasteiger partial charge in [-0.1, -0.05) is 28.1 Å². The van der Waals surface area contributed by atoms with Gasteiger partial charge in [0, 0.05) is 15.9 Å². The Balaban J connectivity index is 1.73. The fourth-order valence-corrected chi connectivity index (χ4v) is 3.45. The molecule has 1 aliphatic heterocycles. The Morgan fingerprint density at radius 2 is 2.16 bits per heavy atom. The Morgan fingerprint density at radius 3 is 2.96 bits per heavy atom. The van der Waals surface area contributed by atoms with Crippen molar-refractivity contribution in [2.75, 3.05) is 29.6 Å². The number of anilines is 2. The molecule has 0 unspecified atom stereocenters. The molecule has 3 rings (SSSR count).